The third kappa shape index (κ3) is 3.53. The smallest absolute Gasteiger partial charge is 0.00365 e. The highest BCUT2D eigenvalue weighted by atomic mass is 14.0. The summed E-state index contributed by atoms with van der Waals surface area (Å²) in [6.07, 6.45) is 3.91. The van der Waals surface area contributed by atoms with E-state index < -0.39 is 0 Å². The average molecular weight is 280 g/mol. The molecule has 0 N–H and O–H groups in total. The Morgan fingerprint density at radius 1 is 0.545 bits per heavy atom. The first-order valence-electron chi connectivity index (χ1n) is 7.30. The summed E-state index contributed by atoms with van der Waals surface area (Å²) in [6, 6.07) is 28.8. The maximum atomic E-state index is 3.13. The third-order valence-corrected chi connectivity index (χ3v) is 3.39. The molecule has 3 rings (SSSR count). The molecular formula is C22H16. The van der Waals surface area contributed by atoms with E-state index in [0.29, 0.717) is 0 Å². The van der Waals surface area contributed by atoms with E-state index in [1.165, 1.54) is 11.1 Å². The first kappa shape index (κ1) is 13.9. The van der Waals surface area contributed by atoms with Crippen molar-refractivity contribution >= 4 is 12.2 Å². The van der Waals surface area contributed by atoms with Crippen molar-refractivity contribution in [2.24, 2.45) is 0 Å². The molecule has 3 aromatic rings. The van der Waals surface area contributed by atoms with Crippen molar-refractivity contribution in [2.45, 2.75) is 0 Å². The molecule has 0 aliphatic rings. The second-order valence-corrected chi connectivity index (χ2v) is 4.94. The van der Waals surface area contributed by atoms with Gasteiger partial charge in [0.15, 0.2) is 0 Å². The summed E-state index contributed by atoms with van der Waals surface area (Å²) in [4.78, 5) is 0. The highest BCUT2D eigenvalue weighted by Crippen LogP contribution is 2.23. The van der Waals surface area contributed by atoms with Crippen molar-refractivity contribution in [3.05, 3.63) is 108 Å². The van der Waals surface area contributed by atoms with Crippen LogP contribution in [0.4, 0.5) is 0 Å². The average Bonchev–Trinajstić information content (AvgIpc) is 2.61. The van der Waals surface area contributed by atoms with Crippen LogP contribution >= 0.6 is 0 Å². The Morgan fingerprint density at radius 2 is 1.14 bits per heavy atom. The van der Waals surface area contributed by atoms with Crippen LogP contribution in [0.15, 0.2) is 96.4 Å². The minimum absolute atomic E-state index is 1.12. The molecule has 0 amide bonds. The van der Waals surface area contributed by atoms with Gasteiger partial charge in [0.1, 0.15) is 0 Å². The van der Waals surface area contributed by atoms with Gasteiger partial charge < -0.3 is 0 Å². The summed E-state index contributed by atoms with van der Waals surface area (Å²) in [5.41, 5.74) is 10.9. The fourth-order valence-electron chi connectivity index (χ4n) is 2.30. The van der Waals surface area contributed by atoms with Gasteiger partial charge in [0.25, 0.3) is 0 Å². The van der Waals surface area contributed by atoms with E-state index in [2.05, 4.69) is 53.9 Å². The molecule has 0 unspecified atom stereocenters. The minimum atomic E-state index is 1.12. The molecule has 104 valence electrons. The van der Waals surface area contributed by atoms with E-state index in [4.69, 9.17) is 0 Å². The predicted molar refractivity (Wildman–Crippen MR) is 94.3 cm³/mol. The maximum absolute atomic E-state index is 3.13. The Bertz CT molecular complexity index is 829. The van der Waals surface area contributed by atoms with Crippen LogP contribution in [0.3, 0.4) is 0 Å². The molecule has 0 aliphatic carbocycles. The van der Waals surface area contributed by atoms with Crippen molar-refractivity contribution in [2.75, 3.05) is 0 Å². The summed E-state index contributed by atoms with van der Waals surface area (Å²) >= 11 is 0. The van der Waals surface area contributed by atoms with E-state index >= 15 is 0 Å². The molecule has 0 heterocycles. The molecule has 22 heavy (non-hydrogen) atoms. The topological polar surface area (TPSA) is 0 Å². The molecular weight excluding hydrogens is 264 g/mol. The van der Waals surface area contributed by atoms with Crippen molar-refractivity contribution in [1.29, 1.82) is 0 Å². The molecule has 0 saturated heterocycles. The van der Waals surface area contributed by atoms with E-state index in [1.54, 1.807) is 0 Å². The third-order valence-electron chi connectivity index (χ3n) is 3.39. The van der Waals surface area contributed by atoms with Crippen molar-refractivity contribution in [3.8, 4) is 11.1 Å². The van der Waals surface area contributed by atoms with Crippen LogP contribution in [0.1, 0.15) is 11.1 Å². The monoisotopic (exact) mass is 280 g/mol. The van der Waals surface area contributed by atoms with Gasteiger partial charge in [-0.05, 0) is 34.4 Å². The van der Waals surface area contributed by atoms with Crippen LogP contribution in [0, 0.1) is 0 Å². The van der Waals surface area contributed by atoms with E-state index in [1.807, 2.05) is 54.6 Å². The second kappa shape index (κ2) is 7.11. The van der Waals surface area contributed by atoms with Gasteiger partial charge in [-0.2, -0.15) is 0 Å². The molecule has 0 aliphatic heterocycles. The maximum Gasteiger partial charge on any atom is -0.00365 e. The summed E-state index contributed by atoms with van der Waals surface area (Å²) in [7, 11) is 0. The van der Waals surface area contributed by atoms with Crippen LogP contribution < -0.4 is 0 Å². The van der Waals surface area contributed by atoms with Crippen molar-refractivity contribution in [1.82, 2.24) is 0 Å². The highest BCUT2D eigenvalue weighted by Gasteiger charge is 2.00. The van der Waals surface area contributed by atoms with Gasteiger partial charge >= 0.3 is 0 Å². The second-order valence-electron chi connectivity index (χ2n) is 4.94. The zero-order valence-electron chi connectivity index (χ0n) is 12.2. The lowest BCUT2D eigenvalue weighted by molar-refractivity contribution is 1.59. The Labute approximate surface area is 131 Å². The Hall–Kier alpha value is -3.04. The molecule has 0 nitrogen and oxygen atoms in total. The van der Waals surface area contributed by atoms with Crippen molar-refractivity contribution < 1.29 is 0 Å². The van der Waals surface area contributed by atoms with Gasteiger partial charge in [-0.25, -0.2) is 0 Å². The quantitative estimate of drug-likeness (QED) is 0.529. The Balaban J connectivity index is 1.93. The molecule has 0 saturated carbocycles. The lowest BCUT2D eigenvalue weighted by Crippen LogP contribution is -1.81. The SMILES string of the molecule is C(=C=Cc1ccccc1-c1ccccc1)=Cc1ccccc1. The van der Waals surface area contributed by atoms with Crippen LogP contribution in [0.5, 0.6) is 0 Å². The molecule has 0 aromatic heterocycles. The zero-order valence-corrected chi connectivity index (χ0v) is 12.2. The number of hydrogen-bond acceptors (Lipinski definition) is 0. The first-order valence-corrected chi connectivity index (χ1v) is 7.30. The number of rotatable bonds is 3. The Morgan fingerprint density at radius 3 is 1.91 bits per heavy atom. The van der Waals surface area contributed by atoms with Gasteiger partial charge in [0.05, 0.1) is 0 Å². The van der Waals surface area contributed by atoms with E-state index in [-0.39, 0.29) is 0 Å². The first-order chi connectivity index (χ1) is 10.9. The molecule has 0 bridgehead atoms. The molecule has 0 radical (unpaired) electrons. The molecule has 0 heteroatoms. The fourth-order valence-corrected chi connectivity index (χ4v) is 2.30. The van der Waals surface area contributed by atoms with Gasteiger partial charge in [0, 0.05) is 0 Å². The standard InChI is InChI=1S/C22H16/c1-3-11-19(12-4-1)13-7-8-16-21-17-9-10-18-22(21)20-14-5-2-6-15-20/h1-6,9-18H. The normalized spacial score (nSPS) is 9.45. The summed E-state index contributed by atoms with van der Waals surface area (Å²) in [6.45, 7) is 0. The lowest BCUT2D eigenvalue weighted by atomic mass is 10.00. The van der Waals surface area contributed by atoms with Crippen LogP contribution in [0.2, 0.25) is 0 Å². The molecule has 0 spiro atoms. The lowest BCUT2D eigenvalue weighted by Gasteiger charge is -2.04. The van der Waals surface area contributed by atoms with Gasteiger partial charge in [-0.15, -0.1) is 0 Å². The van der Waals surface area contributed by atoms with E-state index in [9.17, 15) is 0 Å². The van der Waals surface area contributed by atoms with Crippen molar-refractivity contribution in [3.63, 3.8) is 0 Å². The molecule has 0 atom stereocenters. The number of benzene rings is 3. The van der Waals surface area contributed by atoms with Gasteiger partial charge in [-0.1, -0.05) is 96.4 Å². The summed E-state index contributed by atoms with van der Waals surface area (Å²) in [5.74, 6) is 0. The van der Waals surface area contributed by atoms with Crippen LogP contribution in [-0.4, -0.2) is 0 Å². The Kier molecular flexibility index (Phi) is 4.50. The molecule has 3 aromatic carbocycles. The van der Waals surface area contributed by atoms with Crippen LogP contribution in [0.25, 0.3) is 23.3 Å². The molecule has 0 fully saturated rings. The van der Waals surface area contributed by atoms with Gasteiger partial charge in [-0.3, -0.25) is 0 Å². The zero-order chi connectivity index (χ0) is 15.0. The number of hydrogen-bond donors (Lipinski definition) is 0. The minimum Gasteiger partial charge on any atom is -0.0696 e. The highest BCUT2D eigenvalue weighted by molar-refractivity contribution is 5.75. The van der Waals surface area contributed by atoms with Gasteiger partial charge in [0.2, 0.25) is 0 Å². The van der Waals surface area contributed by atoms with E-state index in [0.717, 1.165) is 11.1 Å². The largest absolute Gasteiger partial charge is 0.0696 e. The summed E-state index contributed by atoms with van der Waals surface area (Å²) in [5, 5.41) is 0. The fraction of sp³-hybridized carbons (Fsp3) is 0. The predicted octanol–water partition coefficient (Wildman–Crippen LogP) is 5.83. The summed E-state index contributed by atoms with van der Waals surface area (Å²) < 4.78 is 0. The van der Waals surface area contributed by atoms with Crippen LogP contribution in [-0.2, 0) is 0 Å².